The second kappa shape index (κ2) is 7.25. The molecule has 19 heavy (non-hydrogen) atoms. The Morgan fingerprint density at radius 1 is 1.21 bits per heavy atom. The summed E-state index contributed by atoms with van der Waals surface area (Å²) in [6.45, 7) is 1.63. The topological polar surface area (TPSA) is 50.4 Å². The smallest absolute Gasteiger partial charge is 0.234 e. The molecule has 0 aromatic carbocycles. The third kappa shape index (κ3) is 4.46. The van der Waals surface area contributed by atoms with Gasteiger partial charge in [-0.3, -0.25) is 4.79 Å². The normalized spacial score (nSPS) is 22.8. The summed E-state index contributed by atoms with van der Waals surface area (Å²) in [6, 6.07) is 0.541. The fraction of sp³-hybridized carbons (Fsp3) is 0.933. The van der Waals surface area contributed by atoms with E-state index >= 15 is 0 Å². The Morgan fingerprint density at radius 3 is 2.53 bits per heavy atom. The molecule has 2 aliphatic rings. The third-order valence-corrected chi connectivity index (χ3v) is 4.89. The lowest BCUT2D eigenvalue weighted by molar-refractivity contribution is -0.120. The first kappa shape index (κ1) is 14.8. The zero-order valence-corrected chi connectivity index (χ0v) is 12.2. The Hall–Kier alpha value is -0.610. The monoisotopic (exact) mass is 268 g/mol. The van der Waals surface area contributed by atoms with E-state index in [1.807, 2.05) is 0 Å². The lowest BCUT2D eigenvalue weighted by Crippen LogP contribution is -2.42. The summed E-state index contributed by atoms with van der Waals surface area (Å²) in [5, 5.41) is 6.25. The molecule has 2 rings (SSSR count). The van der Waals surface area contributed by atoms with Gasteiger partial charge in [-0.2, -0.15) is 0 Å². The van der Waals surface area contributed by atoms with Gasteiger partial charge in [-0.05, 0) is 43.9 Å². The molecule has 0 atom stereocenters. The lowest BCUT2D eigenvalue weighted by atomic mass is 9.71. The van der Waals surface area contributed by atoms with E-state index in [9.17, 15) is 4.79 Å². The van der Waals surface area contributed by atoms with Crippen molar-refractivity contribution >= 4 is 5.91 Å². The standard InChI is InChI=1S/C15H28N2O2/c1-19-11-10-16-14(18)12-17-13-4-8-15(9-5-13)6-2-3-7-15/h13,17H,2-12H2,1H3,(H,16,18). The molecule has 0 unspecified atom stereocenters. The molecule has 2 aliphatic carbocycles. The van der Waals surface area contributed by atoms with Gasteiger partial charge < -0.3 is 15.4 Å². The number of methoxy groups -OCH3 is 1. The Kier molecular flexibility index (Phi) is 5.64. The van der Waals surface area contributed by atoms with Crippen LogP contribution in [-0.2, 0) is 9.53 Å². The van der Waals surface area contributed by atoms with Crippen LogP contribution in [0.2, 0.25) is 0 Å². The van der Waals surface area contributed by atoms with Gasteiger partial charge >= 0.3 is 0 Å². The molecule has 0 heterocycles. The Balaban J connectivity index is 1.59. The molecule has 0 radical (unpaired) electrons. The summed E-state index contributed by atoms with van der Waals surface area (Å²) in [5.74, 6) is 0.0817. The van der Waals surface area contributed by atoms with Crippen molar-refractivity contribution in [3.8, 4) is 0 Å². The molecule has 2 saturated carbocycles. The zero-order valence-electron chi connectivity index (χ0n) is 12.2. The molecule has 2 N–H and O–H groups in total. The van der Waals surface area contributed by atoms with Crippen molar-refractivity contribution in [1.29, 1.82) is 0 Å². The van der Waals surface area contributed by atoms with Crippen molar-refractivity contribution in [3.05, 3.63) is 0 Å². The lowest BCUT2D eigenvalue weighted by Gasteiger charge is -2.37. The van der Waals surface area contributed by atoms with Crippen LogP contribution in [-0.4, -0.2) is 38.8 Å². The maximum absolute atomic E-state index is 11.6. The number of hydrogen-bond donors (Lipinski definition) is 2. The number of ether oxygens (including phenoxy) is 1. The van der Waals surface area contributed by atoms with Crippen LogP contribution in [0.5, 0.6) is 0 Å². The molecule has 2 fully saturated rings. The number of carbonyl (C=O) groups excluding carboxylic acids is 1. The fourth-order valence-electron chi connectivity index (χ4n) is 3.65. The van der Waals surface area contributed by atoms with E-state index in [0.717, 1.165) is 0 Å². The van der Waals surface area contributed by atoms with Crippen LogP contribution in [0.3, 0.4) is 0 Å². The fourth-order valence-corrected chi connectivity index (χ4v) is 3.65. The molecular weight excluding hydrogens is 240 g/mol. The summed E-state index contributed by atoms with van der Waals surface area (Å²) in [7, 11) is 1.64. The molecule has 110 valence electrons. The quantitative estimate of drug-likeness (QED) is 0.723. The number of nitrogens with one attached hydrogen (secondary N) is 2. The van der Waals surface area contributed by atoms with E-state index in [1.54, 1.807) is 7.11 Å². The highest BCUT2D eigenvalue weighted by Gasteiger charge is 2.37. The minimum absolute atomic E-state index is 0.0817. The van der Waals surface area contributed by atoms with E-state index in [4.69, 9.17) is 4.74 Å². The summed E-state index contributed by atoms with van der Waals surface area (Å²) in [5.41, 5.74) is 0.679. The van der Waals surface area contributed by atoms with Crippen molar-refractivity contribution < 1.29 is 9.53 Å². The molecule has 0 aromatic rings. The van der Waals surface area contributed by atoms with E-state index in [0.29, 0.717) is 31.2 Å². The van der Waals surface area contributed by atoms with Crippen LogP contribution in [0.4, 0.5) is 0 Å². The van der Waals surface area contributed by atoms with Crippen molar-refractivity contribution in [3.63, 3.8) is 0 Å². The number of carbonyl (C=O) groups is 1. The van der Waals surface area contributed by atoms with E-state index in [1.165, 1.54) is 51.4 Å². The molecule has 4 nitrogen and oxygen atoms in total. The van der Waals surface area contributed by atoms with Crippen molar-refractivity contribution in [2.75, 3.05) is 26.8 Å². The van der Waals surface area contributed by atoms with Gasteiger partial charge in [-0.25, -0.2) is 0 Å². The van der Waals surface area contributed by atoms with Gasteiger partial charge in [-0.1, -0.05) is 12.8 Å². The van der Waals surface area contributed by atoms with Gasteiger partial charge in [0.25, 0.3) is 0 Å². The maximum Gasteiger partial charge on any atom is 0.234 e. The minimum atomic E-state index is 0.0817. The average molecular weight is 268 g/mol. The Bertz CT molecular complexity index is 278. The van der Waals surface area contributed by atoms with Gasteiger partial charge in [0, 0.05) is 19.7 Å². The summed E-state index contributed by atoms with van der Waals surface area (Å²) in [4.78, 5) is 11.6. The molecule has 4 heteroatoms. The summed E-state index contributed by atoms with van der Waals surface area (Å²) in [6.07, 6.45) is 10.9. The van der Waals surface area contributed by atoms with Crippen LogP contribution in [0.1, 0.15) is 51.4 Å². The highest BCUT2D eigenvalue weighted by atomic mass is 16.5. The molecule has 1 amide bonds. The van der Waals surface area contributed by atoms with Crippen molar-refractivity contribution in [2.24, 2.45) is 5.41 Å². The summed E-state index contributed by atoms with van der Waals surface area (Å²) >= 11 is 0. The second-order valence-corrected chi connectivity index (χ2v) is 6.21. The van der Waals surface area contributed by atoms with Crippen molar-refractivity contribution in [1.82, 2.24) is 10.6 Å². The van der Waals surface area contributed by atoms with Gasteiger partial charge in [0.15, 0.2) is 0 Å². The first-order chi connectivity index (χ1) is 9.24. The van der Waals surface area contributed by atoms with E-state index < -0.39 is 0 Å². The van der Waals surface area contributed by atoms with Gasteiger partial charge in [0.05, 0.1) is 13.2 Å². The molecule has 0 saturated heterocycles. The van der Waals surface area contributed by atoms with Gasteiger partial charge in [0.1, 0.15) is 0 Å². The predicted octanol–water partition coefficient (Wildman–Crippen LogP) is 1.84. The first-order valence-electron chi connectivity index (χ1n) is 7.73. The van der Waals surface area contributed by atoms with E-state index in [2.05, 4.69) is 10.6 Å². The minimum Gasteiger partial charge on any atom is -0.383 e. The van der Waals surface area contributed by atoms with E-state index in [-0.39, 0.29) is 5.91 Å². The van der Waals surface area contributed by atoms with Gasteiger partial charge in [0.2, 0.25) is 5.91 Å². The highest BCUT2D eigenvalue weighted by Crippen LogP contribution is 2.48. The average Bonchev–Trinajstić information content (AvgIpc) is 2.87. The molecule has 0 aromatic heterocycles. The zero-order chi connectivity index (χ0) is 13.6. The van der Waals surface area contributed by atoms with Crippen LogP contribution in [0, 0.1) is 5.41 Å². The summed E-state index contributed by atoms with van der Waals surface area (Å²) < 4.78 is 4.91. The third-order valence-electron chi connectivity index (χ3n) is 4.89. The SMILES string of the molecule is COCCNC(=O)CNC1CCC2(CCCC2)CC1. The van der Waals surface area contributed by atoms with Crippen LogP contribution >= 0.6 is 0 Å². The van der Waals surface area contributed by atoms with Crippen LogP contribution < -0.4 is 10.6 Å². The van der Waals surface area contributed by atoms with Crippen LogP contribution in [0.25, 0.3) is 0 Å². The van der Waals surface area contributed by atoms with Crippen LogP contribution in [0.15, 0.2) is 0 Å². The maximum atomic E-state index is 11.6. The largest absolute Gasteiger partial charge is 0.383 e. The predicted molar refractivity (Wildman–Crippen MR) is 76.0 cm³/mol. The molecule has 1 spiro atoms. The molecular formula is C15H28N2O2. The molecule has 0 aliphatic heterocycles. The second-order valence-electron chi connectivity index (χ2n) is 6.21. The Morgan fingerprint density at radius 2 is 1.89 bits per heavy atom. The number of rotatable bonds is 6. The van der Waals surface area contributed by atoms with Crippen molar-refractivity contribution in [2.45, 2.75) is 57.4 Å². The van der Waals surface area contributed by atoms with Gasteiger partial charge in [-0.15, -0.1) is 0 Å². The molecule has 0 bridgehead atoms. The number of hydrogen-bond acceptors (Lipinski definition) is 3. The highest BCUT2D eigenvalue weighted by molar-refractivity contribution is 5.77. The Labute approximate surface area is 116 Å². The first-order valence-corrected chi connectivity index (χ1v) is 7.73. The number of amides is 1.